The van der Waals surface area contributed by atoms with Crippen LogP contribution in [0.4, 0.5) is 0 Å². The summed E-state index contributed by atoms with van der Waals surface area (Å²) < 4.78 is 0. The molecule has 0 saturated heterocycles. The summed E-state index contributed by atoms with van der Waals surface area (Å²) in [5.74, 6) is -1.29. The van der Waals surface area contributed by atoms with Gasteiger partial charge >= 0.3 is 5.97 Å². The van der Waals surface area contributed by atoms with Crippen molar-refractivity contribution in [2.24, 2.45) is 0 Å². The highest BCUT2D eigenvalue weighted by Crippen LogP contribution is 2.18. The first-order valence-corrected chi connectivity index (χ1v) is 5.93. The standard InChI is InChI=1S/C14H14N2O3/c1-9-2-3-10-4-6-15-13(11(10)8-9)14(19)16-7-5-12(17)18/h2-4,6,8H,5,7H2,1H3,(H,16,19)(H,17,18). The largest absolute Gasteiger partial charge is 0.481 e. The number of aliphatic carboxylic acids is 1. The van der Waals surface area contributed by atoms with Crippen molar-refractivity contribution in [1.82, 2.24) is 10.3 Å². The van der Waals surface area contributed by atoms with Gasteiger partial charge in [0, 0.05) is 18.1 Å². The van der Waals surface area contributed by atoms with Gasteiger partial charge in [0.05, 0.1) is 6.42 Å². The van der Waals surface area contributed by atoms with E-state index >= 15 is 0 Å². The summed E-state index contributed by atoms with van der Waals surface area (Å²) in [5, 5.41) is 12.8. The lowest BCUT2D eigenvalue weighted by atomic mass is 10.1. The number of aromatic nitrogens is 1. The Hall–Kier alpha value is -2.43. The maximum absolute atomic E-state index is 12.0. The molecule has 1 aromatic carbocycles. The Morgan fingerprint density at radius 1 is 1.32 bits per heavy atom. The number of carbonyl (C=O) groups is 2. The molecule has 0 aliphatic carbocycles. The highest BCUT2D eigenvalue weighted by Gasteiger charge is 2.11. The SMILES string of the molecule is Cc1ccc2ccnc(C(=O)NCCC(=O)O)c2c1. The highest BCUT2D eigenvalue weighted by molar-refractivity contribution is 6.05. The number of rotatable bonds is 4. The molecule has 2 rings (SSSR count). The summed E-state index contributed by atoms with van der Waals surface area (Å²) >= 11 is 0. The molecule has 5 heteroatoms. The lowest BCUT2D eigenvalue weighted by Gasteiger charge is -2.07. The summed E-state index contributed by atoms with van der Waals surface area (Å²) in [4.78, 5) is 26.5. The van der Waals surface area contributed by atoms with E-state index in [2.05, 4.69) is 10.3 Å². The molecule has 1 aromatic heterocycles. The number of amides is 1. The zero-order chi connectivity index (χ0) is 13.8. The molecule has 0 fully saturated rings. The van der Waals surface area contributed by atoms with Crippen molar-refractivity contribution in [2.75, 3.05) is 6.54 Å². The van der Waals surface area contributed by atoms with Crippen molar-refractivity contribution in [1.29, 1.82) is 0 Å². The molecule has 0 bridgehead atoms. The van der Waals surface area contributed by atoms with Gasteiger partial charge in [-0.3, -0.25) is 14.6 Å². The highest BCUT2D eigenvalue weighted by atomic mass is 16.4. The van der Waals surface area contributed by atoms with Gasteiger partial charge < -0.3 is 10.4 Å². The minimum Gasteiger partial charge on any atom is -0.481 e. The number of fused-ring (bicyclic) bond motifs is 1. The number of pyridine rings is 1. The number of carboxylic acid groups (broad SMARTS) is 1. The smallest absolute Gasteiger partial charge is 0.305 e. The fourth-order valence-electron chi connectivity index (χ4n) is 1.83. The van der Waals surface area contributed by atoms with Gasteiger partial charge in [0.25, 0.3) is 5.91 Å². The van der Waals surface area contributed by atoms with E-state index < -0.39 is 5.97 Å². The fourth-order valence-corrected chi connectivity index (χ4v) is 1.83. The second-order valence-corrected chi connectivity index (χ2v) is 4.28. The zero-order valence-corrected chi connectivity index (χ0v) is 10.5. The van der Waals surface area contributed by atoms with Crippen LogP contribution in [0.3, 0.4) is 0 Å². The molecule has 5 nitrogen and oxygen atoms in total. The predicted octanol–water partition coefficient (Wildman–Crippen LogP) is 1.75. The molecule has 0 saturated carbocycles. The van der Waals surface area contributed by atoms with Crippen molar-refractivity contribution in [3.63, 3.8) is 0 Å². The Labute approximate surface area is 110 Å². The van der Waals surface area contributed by atoms with Gasteiger partial charge in [0.2, 0.25) is 0 Å². The van der Waals surface area contributed by atoms with Crippen LogP contribution in [0.15, 0.2) is 30.5 Å². The van der Waals surface area contributed by atoms with Crippen molar-refractivity contribution < 1.29 is 14.7 Å². The number of hydrogen-bond donors (Lipinski definition) is 2. The Morgan fingerprint density at radius 2 is 2.11 bits per heavy atom. The second-order valence-electron chi connectivity index (χ2n) is 4.28. The van der Waals surface area contributed by atoms with Crippen molar-refractivity contribution >= 4 is 22.6 Å². The minimum atomic E-state index is -0.943. The number of hydrogen-bond acceptors (Lipinski definition) is 3. The first kappa shape index (κ1) is 13.0. The summed E-state index contributed by atoms with van der Waals surface area (Å²) in [6.45, 7) is 2.04. The third kappa shape index (κ3) is 3.07. The summed E-state index contributed by atoms with van der Waals surface area (Å²) in [6, 6.07) is 7.63. The first-order valence-electron chi connectivity index (χ1n) is 5.93. The number of carbonyl (C=O) groups excluding carboxylic acids is 1. The van der Waals surface area contributed by atoms with Gasteiger partial charge in [-0.15, -0.1) is 0 Å². The topological polar surface area (TPSA) is 79.3 Å². The van der Waals surface area contributed by atoms with E-state index in [1.165, 1.54) is 0 Å². The maximum atomic E-state index is 12.0. The summed E-state index contributed by atoms with van der Waals surface area (Å²) in [7, 11) is 0. The molecule has 2 aromatic rings. The van der Waals surface area contributed by atoms with Crippen LogP contribution in [0.25, 0.3) is 10.8 Å². The van der Waals surface area contributed by atoms with E-state index in [4.69, 9.17) is 5.11 Å². The number of benzene rings is 1. The second kappa shape index (κ2) is 5.48. The lowest BCUT2D eigenvalue weighted by Crippen LogP contribution is -2.27. The van der Waals surface area contributed by atoms with Crippen LogP contribution < -0.4 is 5.32 Å². The molecule has 0 aliphatic heterocycles. The molecule has 2 N–H and O–H groups in total. The van der Waals surface area contributed by atoms with Crippen LogP contribution in [0.1, 0.15) is 22.5 Å². The quantitative estimate of drug-likeness (QED) is 0.875. The van der Waals surface area contributed by atoms with Gasteiger partial charge in [-0.05, 0) is 24.4 Å². The normalized spacial score (nSPS) is 10.4. The number of aryl methyl sites for hydroxylation is 1. The Morgan fingerprint density at radius 3 is 2.84 bits per heavy atom. The Bertz CT molecular complexity index is 638. The van der Waals surface area contributed by atoms with Gasteiger partial charge in [-0.2, -0.15) is 0 Å². The molecule has 1 heterocycles. The number of nitrogens with one attached hydrogen (secondary N) is 1. The molecule has 0 aliphatic rings. The molecular weight excluding hydrogens is 244 g/mol. The van der Waals surface area contributed by atoms with Crippen LogP contribution in [-0.2, 0) is 4.79 Å². The van der Waals surface area contributed by atoms with Crippen molar-refractivity contribution in [3.05, 3.63) is 41.7 Å². The van der Waals surface area contributed by atoms with Gasteiger partial charge in [-0.25, -0.2) is 0 Å². The molecule has 0 spiro atoms. The van der Waals surface area contributed by atoms with Crippen molar-refractivity contribution in [3.8, 4) is 0 Å². The van der Waals surface area contributed by atoms with E-state index in [-0.39, 0.29) is 18.9 Å². The number of nitrogens with zero attached hydrogens (tertiary/aromatic N) is 1. The van der Waals surface area contributed by atoms with E-state index in [0.717, 1.165) is 16.3 Å². The Balaban J connectivity index is 2.26. The minimum absolute atomic E-state index is 0.0953. The Kier molecular flexibility index (Phi) is 3.75. The summed E-state index contributed by atoms with van der Waals surface area (Å²) in [5.41, 5.74) is 1.37. The average Bonchev–Trinajstić information content (AvgIpc) is 2.37. The predicted molar refractivity (Wildman–Crippen MR) is 71.1 cm³/mol. The fraction of sp³-hybridized carbons (Fsp3) is 0.214. The van der Waals surface area contributed by atoms with Crippen LogP contribution in [0.2, 0.25) is 0 Å². The van der Waals surface area contributed by atoms with Crippen LogP contribution in [-0.4, -0.2) is 28.5 Å². The molecule has 1 amide bonds. The summed E-state index contributed by atoms with van der Waals surface area (Å²) in [6.07, 6.45) is 1.47. The van der Waals surface area contributed by atoms with Gasteiger partial charge in [-0.1, -0.05) is 17.7 Å². The first-order chi connectivity index (χ1) is 9.08. The molecule has 0 unspecified atom stereocenters. The third-order valence-electron chi connectivity index (χ3n) is 2.76. The lowest BCUT2D eigenvalue weighted by molar-refractivity contribution is -0.136. The van der Waals surface area contributed by atoms with Crippen LogP contribution in [0, 0.1) is 6.92 Å². The molecule has 0 atom stereocenters. The number of carboxylic acids is 1. The van der Waals surface area contributed by atoms with Crippen molar-refractivity contribution in [2.45, 2.75) is 13.3 Å². The molecule has 0 radical (unpaired) electrons. The van der Waals surface area contributed by atoms with E-state index in [1.54, 1.807) is 6.20 Å². The molecular formula is C14H14N2O3. The van der Waals surface area contributed by atoms with Gasteiger partial charge in [0.1, 0.15) is 5.69 Å². The van der Waals surface area contributed by atoms with Crippen LogP contribution >= 0.6 is 0 Å². The van der Waals surface area contributed by atoms with E-state index in [1.807, 2.05) is 31.2 Å². The van der Waals surface area contributed by atoms with E-state index in [0.29, 0.717) is 5.69 Å². The molecule has 98 valence electrons. The zero-order valence-electron chi connectivity index (χ0n) is 10.5. The monoisotopic (exact) mass is 258 g/mol. The van der Waals surface area contributed by atoms with Crippen LogP contribution in [0.5, 0.6) is 0 Å². The van der Waals surface area contributed by atoms with E-state index in [9.17, 15) is 9.59 Å². The maximum Gasteiger partial charge on any atom is 0.305 e. The third-order valence-corrected chi connectivity index (χ3v) is 2.76. The van der Waals surface area contributed by atoms with Gasteiger partial charge in [0.15, 0.2) is 0 Å². The average molecular weight is 258 g/mol. The molecule has 19 heavy (non-hydrogen) atoms.